The summed E-state index contributed by atoms with van der Waals surface area (Å²) in [7, 11) is 0. The van der Waals surface area contributed by atoms with Gasteiger partial charge in [0.05, 0.1) is 10.6 Å². The third-order valence-corrected chi connectivity index (χ3v) is 3.51. The number of nitro groups is 1. The zero-order valence-corrected chi connectivity index (χ0v) is 12.3. The van der Waals surface area contributed by atoms with Gasteiger partial charge in [-0.3, -0.25) is 10.1 Å². The summed E-state index contributed by atoms with van der Waals surface area (Å²) in [6, 6.07) is 9.46. The molecule has 6 heteroatoms. The Hall–Kier alpha value is -1.95. The molecule has 0 aliphatic carbocycles. The molecule has 0 spiro atoms. The molecule has 0 atom stereocenters. The van der Waals surface area contributed by atoms with Crippen LogP contribution in [0.2, 0.25) is 0 Å². The first-order valence-corrected chi connectivity index (χ1v) is 6.70. The van der Waals surface area contributed by atoms with E-state index in [9.17, 15) is 14.5 Å². The summed E-state index contributed by atoms with van der Waals surface area (Å²) in [6.07, 6.45) is 0. The highest BCUT2D eigenvalue weighted by atomic mass is 79.9. The summed E-state index contributed by atoms with van der Waals surface area (Å²) in [5.41, 5.74) is 1.77. The van der Waals surface area contributed by atoms with E-state index in [0.717, 1.165) is 10.0 Å². The third-order valence-electron chi connectivity index (χ3n) is 3.01. The van der Waals surface area contributed by atoms with E-state index < -0.39 is 4.92 Å². The summed E-state index contributed by atoms with van der Waals surface area (Å²) in [6.45, 7) is 2.01. The van der Waals surface area contributed by atoms with Crippen molar-refractivity contribution < 1.29 is 9.31 Å². The predicted octanol–water partition coefficient (Wildman–Crippen LogP) is 4.42. The first-order valence-electron chi connectivity index (χ1n) is 5.91. The second kappa shape index (κ2) is 6.00. The molecule has 2 aromatic carbocycles. The van der Waals surface area contributed by atoms with E-state index in [4.69, 9.17) is 0 Å². The maximum atomic E-state index is 13.6. The third kappa shape index (κ3) is 3.14. The Morgan fingerprint density at radius 3 is 2.80 bits per heavy atom. The molecule has 2 aromatic rings. The highest BCUT2D eigenvalue weighted by Gasteiger charge is 2.13. The van der Waals surface area contributed by atoms with Gasteiger partial charge in [-0.05, 0) is 30.7 Å². The van der Waals surface area contributed by atoms with Gasteiger partial charge in [0, 0.05) is 22.6 Å². The molecule has 0 aliphatic heterocycles. The topological polar surface area (TPSA) is 55.2 Å². The Morgan fingerprint density at radius 1 is 1.35 bits per heavy atom. The van der Waals surface area contributed by atoms with Gasteiger partial charge in [0.25, 0.3) is 5.69 Å². The molecule has 1 N–H and O–H groups in total. The Morgan fingerprint density at radius 2 is 2.10 bits per heavy atom. The lowest BCUT2D eigenvalue weighted by Gasteiger charge is -2.10. The lowest BCUT2D eigenvalue weighted by atomic mass is 10.1. The fraction of sp³-hybridized carbons (Fsp3) is 0.143. The van der Waals surface area contributed by atoms with Gasteiger partial charge in [-0.15, -0.1) is 0 Å². The molecular weight excluding hydrogens is 327 g/mol. The van der Waals surface area contributed by atoms with Gasteiger partial charge < -0.3 is 5.32 Å². The minimum atomic E-state index is -0.418. The molecule has 20 heavy (non-hydrogen) atoms. The number of rotatable bonds is 4. The lowest BCUT2D eigenvalue weighted by molar-refractivity contribution is -0.385. The number of nitrogens with zero attached hydrogens (tertiary/aromatic N) is 1. The van der Waals surface area contributed by atoms with Crippen molar-refractivity contribution in [1.82, 2.24) is 0 Å². The molecule has 4 nitrogen and oxygen atoms in total. The van der Waals surface area contributed by atoms with Crippen LogP contribution in [0.15, 0.2) is 40.9 Å². The zero-order chi connectivity index (χ0) is 14.7. The average molecular weight is 339 g/mol. The highest BCUT2D eigenvalue weighted by molar-refractivity contribution is 9.10. The highest BCUT2D eigenvalue weighted by Crippen LogP contribution is 2.24. The van der Waals surface area contributed by atoms with E-state index in [1.165, 1.54) is 12.1 Å². The minimum absolute atomic E-state index is 0.0685. The van der Waals surface area contributed by atoms with Crippen LogP contribution in [0.3, 0.4) is 0 Å². The van der Waals surface area contributed by atoms with Crippen LogP contribution in [-0.4, -0.2) is 4.92 Å². The van der Waals surface area contributed by atoms with E-state index in [2.05, 4.69) is 21.2 Å². The van der Waals surface area contributed by atoms with Crippen LogP contribution in [-0.2, 0) is 6.54 Å². The Bertz CT molecular complexity index is 662. The minimum Gasteiger partial charge on any atom is -0.379 e. The Balaban J connectivity index is 2.21. The standard InChI is InChI=1S/C14H12BrFN2O2/c1-9-10(3-2-4-14(9)18(19)20)8-17-13-7-11(15)5-6-12(13)16/h2-7,17H,8H2,1H3. The molecule has 0 saturated heterocycles. The fourth-order valence-electron chi connectivity index (χ4n) is 1.88. The molecule has 0 heterocycles. The molecule has 0 radical (unpaired) electrons. The van der Waals surface area contributed by atoms with Crippen LogP contribution < -0.4 is 5.32 Å². The van der Waals surface area contributed by atoms with Crippen molar-refractivity contribution in [1.29, 1.82) is 0 Å². The molecular formula is C14H12BrFN2O2. The van der Waals surface area contributed by atoms with E-state index in [-0.39, 0.29) is 11.5 Å². The summed E-state index contributed by atoms with van der Waals surface area (Å²) in [5.74, 6) is -0.365. The Kier molecular flexibility index (Phi) is 4.34. The zero-order valence-electron chi connectivity index (χ0n) is 10.7. The summed E-state index contributed by atoms with van der Waals surface area (Å²) >= 11 is 3.27. The number of nitrogens with one attached hydrogen (secondary N) is 1. The summed E-state index contributed by atoms with van der Waals surface area (Å²) < 4.78 is 14.4. The molecule has 0 aromatic heterocycles. The maximum Gasteiger partial charge on any atom is 0.272 e. The number of benzene rings is 2. The first-order chi connectivity index (χ1) is 9.49. The summed E-state index contributed by atoms with van der Waals surface area (Å²) in [5, 5.41) is 13.8. The second-order valence-electron chi connectivity index (χ2n) is 4.30. The van der Waals surface area contributed by atoms with Gasteiger partial charge in [0.2, 0.25) is 0 Å². The normalized spacial score (nSPS) is 10.3. The van der Waals surface area contributed by atoms with E-state index in [0.29, 0.717) is 17.8 Å². The quantitative estimate of drug-likeness (QED) is 0.663. The Labute approximate surface area is 123 Å². The molecule has 0 amide bonds. The van der Waals surface area contributed by atoms with Crippen molar-refractivity contribution in [3.63, 3.8) is 0 Å². The van der Waals surface area contributed by atoms with Crippen molar-refractivity contribution in [2.75, 3.05) is 5.32 Å². The number of halogens is 2. The fourth-order valence-corrected chi connectivity index (χ4v) is 2.24. The van der Waals surface area contributed by atoms with Crippen molar-refractivity contribution in [2.45, 2.75) is 13.5 Å². The van der Waals surface area contributed by atoms with Gasteiger partial charge in [0.15, 0.2) is 0 Å². The van der Waals surface area contributed by atoms with Crippen LogP contribution in [0.1, 0.15) is 11.1 Å². The smallest absolute Gasteiger partial charge is 0.272 e. The lowest BCUT2D eigenvalue weighted by Crippen LogP contribution is -2.04. The van der Waals surface area contributed by atoms with Gasteiger partial charge >= 0.3 is 0 Å². The van der Waals surface area contributed by atoms with Crippen LogP contribution in [0, 0.1) is 22.9 Å². The van der Waals surface area contributed by atoms with E-state index in [1.54, 1.807) is 31.2 Å². The van der Waals surface area contributed by atoms with Gasteiger partial charge in [-0.25, -0.2) is 4.39 Å². The number of hydrogen-bond donors (Lipinski definition) is 1. The summed E-state index contributed by atoms with van der Waals surface area (Å²) in [4.78, 5) is 10.4. The van der Waals surface area contributed by atoms with Crippen molar-refractivity contribution in [3.05, 3.63) is 67.9 Å². The van der Waals surface area contributed by atoms with Crippen LogP contribution >= 0.6 is 15.9 Å². The van der Waals surface area contributed by atoms with Gasteiger partial charge in [-0.1, -0.05) is 28.1 Å². The van der Waals surface area contributed by atoms with E-state index >= 15 is 0 Å². The second-order valence-corrected chi connectivity index (χ2v) is 5.21. The number of nitro benzene ring substituents is 1. The first kappa shape index (κ1) is 14.5. The molecule has 0 saturated carbocycles. The largest absolute Gasteiger partial charge is 0.379 e. The molecule has 0 fully saturated rings. The molecule has 0 aliphatic rings. The number of anilines is 1. The van der Waals surface area contributed by atoms with Crippen LogP contribution in [0.5, 0.6) is 0 Å². The maximum absolute atomic E-state index is 13.6. The van der Waals surface area contributed by atoms with Gasteiger partial charge in [0.1, 0.15) is 5.82 Å². The van der Waals surface area contributed by atoms with Crippen LogP contribution in [0.25, 0.3) is 0 Å². The van der Waals surface area contributed by atoms with Gasteiger partial charge in [-0.2, -0.15) is 0 Å². The molecule has 104 valence electrons. The van der Waals surface area contributed by atoms with Crippen molar-refractivity contribution >= 4 is 27.3 Å². The van der Waals surface area contributed by atoms with Crippen LogP contribution in [0.4, 0.5) is 15.8 Å². The average Bonchev–Trinajstić information content (AvgIpc) is 2.41. The van der Waals surface area contributed by atoms with E-state index in [1.807, 2.05) is 0 Å². The van der Waals surface area contributed by atoms with Crippen molar-refractivity contribution in [2.24, 2.45) is 0 Å². The molecule has 0 unspecified atom stereocenters. The SMILES string of the molecule is Cc1c(CNc2cc(Br)ccc2F)cccc1[N+](=O)[O-]. The predicted molar refractivity (Wildman–Crippen MR) is 79.3 cm³/mol. The molecule has 2 rings (SSSR count). The molecule has 0 bridgehead atoms. The van der Waals surface area contributed by atoms with Crippen molar-refractivity contribution in [3.8, 4) is 0 Å². The number of hydrogen-bond acceptors (Lipinski definition) is 3. The monoisotopic (exact) mass is 338 g/mol.